The summed E-state index contributed by atoms with van der Waals surface area (Å²) in [5, 5.41) is 2.37. The number of hydrogen-bond donors (Lipinski definition) is 2. The maximum Gasteiger partial charge on any atom is 0.573 e. The number of nitrogens with two attached hydrogens (primary N) is 1. The summed E-state index contributed by atoms with van der Waals surface area (Å²) >= 11 is 0. The maximum absolute atomic E-state index is 14.2. The Kier molecular flexibility index (Phi) is 7.37. The molecule has 0 aliphatic rings. The highest BCUT2D eigenvalue weighted by atomic mass is 19.4. The molecular weight excluding hydrogens is 477 g/mol. The van der Waals surface area contributed by atoms with Crippen molar-refractivity contribution in [3.63, 3.8) is 0 Å². The number of hydrogen-bond acceptors (Lipinski definition) is 6. The number of aliphatic imine (C=N–C) groups is 1. The van der Waals surface area contributed by atoms with Crippen LogP contribution < -0.4 is 15.8 Å². The van der Waals surface area contributed by atoms with Gasteiger partial charge in [-0.05, 0) is 30.3 Å². The summed E-state index contributed by atoms with van der Waals surface area (Å²) in [5.41, 5.74) is 5.49. The number of nitrogens with zero attached hydrogens (tertiary/aromatic N) is 3. The van der Waals surface area contributed by atoms with Crippen LogP contribution in [-0.4, -0.2) is 33.9 Å². The van der Waals surface area contributed by atoms with Gasteiger partial charge < -0.3 is 15.8 Å². The zero-order chi connectivity index (χ0) is 25.8. The van der Waals surface area contributed by atoms with Gasteiger partial charge in [0.1, 0.15) is 17.4 Å². The molecule has 0 radical (unpaired) electrons. The van der Waals surface area contributed by atoms with E-state index in [9.17, 15) is 31.5 Å². The van der Waals surface area contributed by atoms with Crippen LogP contribution in [0.3, 0.4) is 0 Å². The summed E-state index contributed by atoms with van der Waals surface area (Å²) in [4.78, 5) is 36.0. The van der Waals surface area contributed by atoms with Crippen LogP contribution in [0.25, 0.3) is 11.3 Å². The SMILES string of the molecule is CCC(=O)c1cc(F)ccc1NC(=O)C(N)=Nc1cnc(-c2ccc(OC(F)(F)F)cc2F)cn1. The highest BCUT2D eigenvalue weighted by Crippen LogP contribution is 2.28. The van der Waals surface area contributed by atoms with Crippen LogP contribution in [0.1, 0.15) is 23.7 Å². The number of alkyl halides is 3. The van der Waals surface area contributed by atoms with Crippen molar-refractivity contribution < 1.29 is 36.3 Å². The molecule has 0 spiro atoms. The molecular formula is C22H16F5N5O3. The number of aromatic nitrogens is 2. The Balaban J connectivity index is 1.76. The third-order valence-corrected chi connectivity index (χ3v) is 4.41. The molecule has 35 heavy (non-hydrogen) atoms. The van der Waals surface area contributed by atoms with Crippen molar-refractivity contribution in [2.75, 3.05) is 5.32 Å². The molecule has 182 valence electrons. The summed E-state index contributed by atoms with van der Waals surface area (Å²) < 4.78 is 68.1. The predicted molar refractivity (Wildman–Crippen MR) is 115 cm³/mol. The molecule has 13 heteroatoms. The number of rotatable bonds is 6. The topological polar surface area (TPSA) is 120 Å². The number of benzene rings is 2. The largest absolute Gasteiger partial charge is 0.573 e. The Morgan fingerprint density at radius 3 is 2.43 bits per heavy atom. The van der Waals surface area contributed by atoms with E-state index in [4.69, 9.17) is 5.73 Å². The number of nitrogens with one attached hydrogen (secondary N) is 1. The standard InChI is InChI=1S/C22H16F5N5O3/c1-2-18(33)14-7-11(23)3-6-16(14)31-21(34)20(28)32-19-10-29-17(9-30-19)13-5-4-12(8-15(13)24)35-22(25,26)27/h3-10H,2H2,1H3,(H,31,34)(H2,28,30,32). The van der Waals surface area contributed by atoms with Gasteiger partial charge in [0.15, 0.2) is 17.4 Å². The number of Topliss-reactive ketones (excluding diaryl/α,β-unsaturated/α-hetero) is 1. The van der Waals surface area contributed by atoms with Crippen molar-refractivity contribution in [3.05, 3.63) is 66.0 Å². The molecule has 0 bridgehead atoms. The Hall–Kier alpha value is -4.42. The van der Waals surface area contributed by atoms with E-state index in [1.165, 1.54) is 6.07 Å². The van der Waals surface area contributed by atoms with E-state index in [0.717, 1.165) is 36.7 Å². The fourth-order valence-corrected chi connectivity index (χ4v) is 2.83. The Bertz CT molecular complexity index is 1290. The molecule has 0 aliphatic heterocycles. The van der Waals surface area contributed by atoms with Gasteiger partial charge in [-0.15, -0.1) is 13.2 Å². The number of halogens is 5. The van der Waals surface area contributed by atoms with E-state index in [1.807, 2.05) is 0 Å². The molecule has 1 amide bonds. The highest BCUT2D eigenvalue weighted by molar-refractivity contribution is 6.42. The van der Waals surface area contributed by atoms with Gasteiger partial charge in [-0.1, -0.05) is 6.92 Å². The molecule has 8 nitrogen and oxygen atoms in total. The van der Waals surface area contributed by atoms with Crippen LogP contribution in [-0.2, 0) is 4.79 Å². The summed E-state index contributed by atoms with van der Waals surface area (Å²) in [6.45, 7) is 1.58. The smallest absolute Gasteiger partial charge is 0.406 e. The zero-order valence-electron chi connectivity index (χ0n) is 17.9. The number of carbonyl (C=O) groups excluding carboxylic acids is 2. The number of amides is 1. The second-order valence-electron chi connectivity index (χ2n) is 6.87. The lowest BCUT2D eigenvalue weighted by atomic mass is 10.1. The molecule has 3 aromatic rings. The molecule has 1 aromatic heterocycles. The second-order valence-corrected chi connectivity index (χ2v) is 6.87. The van der Waals surface area contributed by atoms with E-state index in [-0.39, 0.29) is 34.7 Å². The van der Waals surface area contributed by atoms with Crippen LogP contribution >= 0.6 is 0 Å². The average Bonchev–Trinajstić information content (AvgIpc) is 2.79. The van der Waals surface area contributed by atoms with Gasteiger partial charge in [0.25, 0.3) is 5.91 Å². The molecule has 0 atom stereocenters. The van der Waals surface area contributed by atoms with Crippen molar-refractivity contribution in [2.45, 2.75) is 19.7 Å². The third-order valence-electron chi connectivity index (χ3n) is 4.41. The lowest BCUT2D eigenvalue weighted by Gasteiger charge is -2.10. The van der Waals surface area contributed by atoms with Crippen LogP contribution in [0.15, 0.2) is 53.8 Å². The van der Waals surface area contributed by atoms with E-state index >= 15 is 0 Å². The van der Waals surface area contributed by atoms with Crippen LogP contribution in [0.4, 0.5) is 33.5 Å². The number of amidine groups is 1. The van der Waals surface area contributed by atoms with Gasteiger partial charge in [0.05, 0.1) is 23.8 Å². The number of ether oxygens (including phenoxy) is 1. The van der Waals surface area contributed by atoms with Crippen LogP contribution in [0.5, 0.6) is 5.75 Å². The van der Waals surface area contributed by atoms with Crippen molar-refractivity contribution in [3.8, 4) is 17.0 Å². The molecule has 3 N–H and O–H groups in total. The van der Waals surface area contributed by atoms with E-state index in [2.05, 4.69) is 25.0 Å². The van der Waals surface area contributed by atoms with Crippen molar-refractivity contribution >= 4 is 29.0 Å². The van der Waals surface area contributed by atoms with Crippen molar-refractivity contribution in [2.24, 2.45) is 10.7 Å². The number of ketones is 1. The number of carbonyl (C=O) groups is 2. The van der Waals surface area contributed by atoms with E-state index in [0.29, 0.717) is 6.07 Å². The molecule has 3 rings (SSSR count). The Morgan fingerprint density at radius 2 is 1.83 bits per heavy atom. The first-order valence-corrected chi connectivity index (χ1v) is 9.82. The van der Waals surface area contributed by atoms with Gasteiger partial charge in [-0.3, -0.25) is 14.6 Å². The normalized spacial score (nSPS) is 11.8. The summed E-state index contributed by atoms with van der Waals surface area (Å²) in [7, 11) is 0. The predicted octanol–water partition coefficient (Wildman–Crippen LogP) is 4.54. The summed E-state index contributed by atoms with van der Waals surface area (Å²) in [6, 6.07) is 5.74. The molecule has 0 saturated heterocycles. The maximum atomic E-state index is 14.2. The first-order valence-electron chi connectivity index (χ1n) is 9.82. The fraction of sp³-hybridized carbons (Fsp3) is 0.136. The molecule has 0 aliphatic carbocycles. The van der Waals surface area contributed by atoms with Crippen molar-refractivity contribution in [1.82, 2.24) is 9.97 Å². The van der Waals surface area contributed by atoms with Gasteiger partial charge in [0.2, 0.25) is 0 Å². The summed E-state index contributed by atoms with van der Waals surface area (Å²) in [5.74, 6) is -4.44. The number of anilines is 1. The average molecular weight is 493 g/mol. The van der Waals surface area contributed by atoms with Crippen molar-refractivity contribution in [1.29, 1.82) is 0 Å². The molecule has 0 fully saturated rings. The lowest BCUT2D eigenvalue weighted by Crippen LogP contribution is -2.30. The lowest BCUT2D eigenvalue weighted by molar-refractivity contribution is -0.274. The van der Waals surface area contributed by atoms with Gasteiger partial charge in [-0.25, -0.2) is 18.8 Å². The molecule has 0 unspecified atom stereocenters. The Morgan fingerprint density at radius 1 is 1.09 bits per heavy atom. The van der Waals surface area contributed by atoms with Gasteiger partial charge >= 0.3 is 6.36 Å². The quantitative estimate of drug-likeness (QED) is 0.225. The molecule has 1 heterocycles. The monoisotopic (exact) mass is 493 g/mol. The first-order chi connectivity index (χ1) is 16.5. The van der Waals surface area contributed by atoms with Gasteiger partial charge in [-0.2, -0.15) is 0 Å². The first kappa shape index (κ1) is 25.2. The third kappa shape index (κ3) is 6.56. The molecule has 0 saturated carbocycles. The Labute approximate surface area is 194 Å². The minimum Gasteiger partial charge on any atom is -0.406 e. The molecule has 2 aromatic carbocycles. The van der Waals surface area contributed by atoms with Crippen LogP contribution in [0.2, 0.25) is 0 Å². The minimum atomic E-state index is -4.97. The second kappa shape index (κ2) is 10.2. The van der Waals surface area contributed by atoms with Gasteiger partial charge in [0, 0.05) is 23.6 Å². The minimum absolute atomic E-state index is 0.0305. The van der Waals surface area contributed by atoms with Crippen LogP contribution in [0, 0.1) is 11.6 Å². The van der Waals surface area contributed by atoms with E-state index < -0.39 is 41.3 Å². The van der Waals surface area contributed by atoms with E-state index in [1.54, 1.807) is 6.92 Å². The summed E-state index contributed by atoms with van der Waals surface area (Å²) in [6.07, 6.45) is -2.76. The fourth-order valence-electron chi connectivity index (χ4n) is 2.83. The highest BCUT2D eigenvalue weighted by Gasteiger charge is 2.31. The zero-order valence-corrected chi connectivity index (χ0v) is 17.9.